The van der Waals surface area contributed by atoms with Crippen molar-refractivity contribution in [3.63, 3.8) is 0 Å². The van der Waals surface area contributed by atoms with Gasteiger partial charge in [-0.05, 0) is 42.0 Å². The van der Waals surface area contributed by atoms with Crippen LogP contribution in [0, 0.1) is 23.2 Å². The fourth-order valence-corrected chi connectivity index (χ4v) is 2.48. The highest BCUT2D eigenvalue weighted by Gasteiger charge is 2.19. The summed E-state index contributed by atoms with van der Waals surface area (Å²) in [7, 11) is 0. The van der Waals surface area contributed by atoms with E-state index in [-0.39, 0.29) is 6.54 Å². The van der Waals surface area contributed by atoms with Gasteiger partial charge >= 0.3 is 0 Å². The lowest BCUT2D eigenvalue weighted by molar-refractivity contribution is -0.130. The molecular weight excluding hydrogens is 382 g/mol. The Kier molecular flexibility index (Phi) is 9.04. The summed E-state index contributed by atoms with van der Waals surface area (Å²) in [5.74, 6) is 4.84. The van der Waals surface area contributed by atoms with E-state index in [0.29, 0.717) is 25.1 Å². The van der Waals surface area contributed by atoms with Crippen molar-refractivity contribution in [2.75, 3.05) is 13.1 Å². The summed E-state index contributed by atoms with van der Waals surface area (Å²) in [5.41, 5.74) is 9.93. The molecule has 2 rings (SSSR count). The molecule has 2 aromatic rings. The van der Waals surface area contributed by atoms with Gasteiger partial charge in [-0.25, -0.2) is 5.48 Å². The summed E-state index contributed by atoms with van der Waals surface area (Å²) in [4.78, 5) is 23.6. The van der Waals surface area contributed by atoms with Crippen LogP contribution in [0.1, 0.15) is 33.5 Å². The van der Waals surface area contributed by atoms with Gasteiger partial charge in [-0.3, -0.25) is 14.8 Å². The van der Waals surface area contributed by atoms with Gasteiger partial charge in [0.2, 0.25) is 0 Å². The molecule has 0 aliphatic heterocycles. The van der Waals surface area contributed by atoms with E-state index in [1.54, 1.807) is 24.3 Å². The van der Waals surface area contributed by atoms with Gasteiger partial charge in [-0.2, -0.15) is 5.26 Å². The topological polar surface area (TPSA) is 140 Å². The summed E-state index contributed by atoms with van der Waals surface area (Å²) in [6, 6.07) is 15.5. The maximum absolute atomic E-state index is 12.2. The van der Waals surface area contributed by atoms with E-state index in [0.717, 1.165) is 16.7 Å². The number of benzene rings is 2. The number of nitrogens with two attached hydrogens (primary N) is 1. The van der Waals surface area contributed by atoms with E-state index in [1.807, 2.05) is 24.3 Å². The van der Waals surface area contributed by atoms with Gasteiger partial charge in [0.05, 0.1) is 6.07 Å². The molecule has 0 spiro atoms. The molecule has 2 aromatic carbocycles. The van der Waals surface area contributed by atoms with Gasteiger partial charge in [-0.1, -0.05) is 24.0 Å². The molecule has 0 bridgehead atoms. The fraction of sp³-hybridized carbons (Fsp3) is 0.227. The normalized spacial score (nSPS) is 10.8. The molecule has 0 heterocycles. The number of nitrogens with zero attached hydrogens (tertiary/aromatic N) is 1. The first-order valence-corrected chi connectivity index (χ1v) is 9.31. The zero-order valence-corrected chi connectivity index (χ0v) is 16.3. The van der Waals surface area contributed by atoms with Crippen molar-refractivity contribution in [1.82, 2.24) is 16.1 Å². The smallest absolute Gasteiger partial charge is 0.267 e. The maximum atomic E-state index is 12.2. The van der Waals surface area contributed by atoms with E-state index in [2.05, 4.69) is 28.5 Å². The third kappa shape index (κ3) is 7.04. The van der Waals surface area contributed by atoms with E-state index in [1.165, 1.54) is 5.48 Å². The molecule has 1 atom stereocenters. The predicted octanol–water partition coefficient (Wildman–Crippen LogP) is 0.652. The van der Waals surface area contributed by atoms with Crippen LogP contribution in [0.2, 0.25) is 0 Å². The summed E-state index contributed by atoms with van der Waals surface area (Å²) in [6.07, 6.45) is 0.482. The third-order valence-corrected chi connectivity index (χ3v) is 4.16. The number of carbonyl (C=O) groups excluding carboxylic acids is 2. The van der Waals surface area contributed by atoms with Crippen LogP contribution >= 0.6 is 0 Å². The number of carbonyl (C=O) groups is 2. The average molecular weight is 405 g/mol. The zero-order valence-electron chi connectivity index (χ0n) is 16.3. The number of hydrogen-bond acceptors (Lipinski definition) is 6. The highest BCUT2D eigenvalue weighted by molar-refractivity contribution is 5.97. The van der Waals surface area contributed by atoms with E-state index in [4.69, 9.17) is 16.2 Å². The zero-order chi connectivity index (χ0) is 21.8. The van der Waals surface area contributed by atoms with Crippen LogP contribution in [0.3, 0.4) is 0 Å². The maximum Gasteiger partial charge on any atom is 0.267 e. The van der Waals surface area contributed by atoms with Gasteiger partial charge < -0.3 is 16.4 Å². The Morgan fingerprint density at radius 2 is 1.63 bits per heavy atom. The molecular formula is C22H23N5O3. The first-order valence-electron chi connectivity index (χ1n) is 9.31. The first kappa shape index (κ1) is 22.6. The number of amides is 2. The van der Waals surface area contributed by atoms with Crippen molar-refractivity contribution in [3.05, 3.63) is 70.8 Å². The summed E-state index contributed by atoms with van der Waals surface area (Å²) >= 11 is 0. The molecule has 6 N–H and O–H groups in total. The molecule has 30 heavy (non-hydrogen) atoms. The van der Waals surface area contributed by atoms with Gasteiger partial charge in [0, 0.05) is 42.7 Å². The molecule has 2 amide bonds. The third-order valence-electron chi connectivity index (χ3n) is 4.16. The molecule has 0 aromatic heterocycles. The molecule has 0 fully saturated rings. The number of rotatable bonds is 8. The average Bonchev–Trinajstić information content (AvgIpc) is 2.79. The predicted molar refractivity (Wildman–Crippen MR) is 111 cm³/mol. The lowest BCUT2D eigenvalue weighted by atomic mass is 10.1. The second kappa shape index (κ2) is 12.0. The molecule has 0 aliphatic carbocycles. The van der Waals surface area contributed by atoms with Crippen LogP contribution in [0.15, 0.2) is 48.5 Å². The molecule has 8 nitrogen and oxygen atoms in total. The standard InChI is InChI=1S/C22H23N5O3/c23-12-1-13-25-15-18-6-4-16(5-7-18)2-3-17-8-10-19(11-9-17)21(28)26-20(14-24)22(29)27-30/h4-11,20,25,30H,1,13-15,24H2,(H,26,28)(H,27,29)/t20-/m0/s1. The second-order valence-corrected chi connectivity index (χ2v) is 6.35. The van der Waals surface area contributed by atoms with Crippen molar-refractivity contribution < 1.29 is 14.8 Å². The molecule has 0 radical (unpaired) electrons. The minimum atomic E-state index is -1.02. The SMILES string of the molecule is N#CCCNCc1ccc(C#Cc2ccc(C(=O)N[C@@H](CN)C(=O)NO)cc2)cc1. The monoisotopic (exact) mass is 405 g/mol. The van der Waals surface area contributed by atoms with Crippen molar-refractivity contribution in [2.45, 2.75) is 19.0 Å². The molecule has 0 saturated carbocycles. The summed E-state index contributed by atoms with van der Waals surface area (Å²) < 4.78 is 0. The van der Waals surface area contributed by atoms with E-state index < -0.39 is 17.9 Å². The molecule has 0 saturated heterocycles. The summed E-state index contributed by atoms with van der Waals surface area (Å²) in [6.45, 7) is 1.22. The number of nitrogens with one attached hydrogen (secondary N) is 3. The van der Waals surface area contributed by atoms with Crippen LogP contribution in [0.4, 0.5) is 0 Å². The van der Waals surface area contributed by atoms with Crippen molar-refractivity contribution in [3.8, 4) is 17.9 Å². The van der Waals surface area contributed by atoms with Crippen LogP contribution in [-0.4, -0.2) is 36.2 Å². The Morgan fingerprint density at radius 3 is 2.17 bits per heavy atom. The van der Waals surface area contributed by atoms with Crippen molar-refractivity contribution >= 4 is 11.8 Å². The van der Waals surface area contributed by atoms with Crippen LogP contribution in [-0.2, 0) is 11.3 Å². The molecule has 8 heteroatoms. The Morgan fingerprint density at radius 1 is 1.03 bits per heavy atom. The Labute approximate surface area is 175 Å². The number of nitriles is 1. The van der Waals surface area contributed by atoms with Crippen LogP contribution in [0.25, 0.3) is 0 Å². The highest BCUT2D eigenvalue weighted by atomic mass is 16.5. The Hall–Kier alpha value is -3.69. The molecule has 0 unspecified atom stereocenters. The lowest BCUT2D eigenvalue weighted by Gasteiger charge is -2.14. The highest BCUT2D eigenvalue weighted by Crippen LogP contribution is 2.06. The van der Waals surface area contributed by atoms with Crippen molar-refractivity contribution in [1.29, 1.82) is 5.26 Å². The van der Waals surface area contributed by atoms with Gasteiger partial charge in [-0.15, -0.1) is 0 Å². The fourth-order valence-electron chi connectivity index (χ4n) is 2.48. The van der Waals surface area contributed by atoms with Gasteiger partial charge in [0.25, 0.3) is 11.8 Å². The Balaban J connectivity index is 1.95. The lowest BCUT2D eigenvalue weighted by Crippen LogP contribution is -2.50. The van der Waals surface area contributed by atoms with Gasteiger partial charge in [0.1, 0.15) is 6.04 Å². The minimum absolute atomic E-state index is 0.142. The summed E-state index contributed by atoms with van der Waals surface area (Å²) in [5, 5.41) is 22.8. The largest absolute Gasteiger partial charge is 0.339 e. The quantitative estimate of drug-likeness (QED) is 0.189. The van der Waals surface area contributed by atoms with Gasteiger partial charge in [0.15, 0.2) is 0 Å². The second-order valence-electron chi connectivity index (χ2n) is 6.35. The first-order chi connectivity index (χ1) is 14.6. The van der Waals surface area contributed by atoms with E-state index >= 15 is 0 Å². The number of hydroxylamine groups is 1. The van der Waals surface area contributed by atoms with Crippen LogP contribution in [0.5, 0.6) is 0 Å². The number of hydrogen-bond donors (Lipinski definition) is 5. The Bertz CT molecular complexity index is 953. The van der Waals surface area contributed by atoms with E-state index in [9.17, 15) is 9.59 Å². The van der Waals surface area contributed by atoms with Crippen molar-refractivity contribution in [2.24, 2.45) is 5.73 Å². The minimum Gasteiger partial charge on any atom is -0.339 e. The van der Waals surface area contributed by atoms with Crippen LogP contribution < -0.4 is 21.8 Å². The molecule has 0 aliphatic rings. The molecule has 154 valence electrons.